The average molecular weight is 240 g/mol. The van der Waals surface area contributed by atoms with Crippen LogP contribution in [-0.4, -0.2) is 37.0 Å². The molecule has 3 nitrogen and oxygen atoms in total. The highest BCUT2D eigenvalue weighted by Crippen LogP contribution is 2.18. The van der Waals surface area contributed by atoms with Crippen LogP contribution in [0.4, 0.5) is 0 Å². The Labute approximate surface area is 106 Å². The van der Waals surface area contributed by atoms with Gasteiger partial charge in [-0.1, -0.05) is 32.6 Å². The summed E-state index contributed by atoms with van der Waals surface area (Å²) in [6, 6.07) is 0.447. The fraction of sp³-hybridized carbons (Fsp3) is 0.929. The smallest absolute Gasteiger partial charge is 0.222 e. The normalized spacial score (nSPS) is 19.9. The van der Waals surface area contributed by atoms with E-state index >= 15 is 0 Å². The van der Waals surface area contributed by atoms with Crippen molar-refractivity contribution in [3.05, 3.63) is 0 Å². The van der Waals surface area contributed by atoms with E-state index in [-0.39, 0.29) is 0 Å². The Hall–Kier alpha value is -0.570. The van der Waals surface area contributed by atoms with Gasteiger partial charge in [0.15, 0.2) is 0 Å². The summed E-state index contributed by atoms with van der Waals surface area (Å²) in [4.78, 5) is 14.2. The molecule has 100 valence electrons. The zero-order valence-electron chi connectivity index (χ0n) is 11.5. The molecule has 1 amide bonds. The second kappa shape index (κ2) is 8.51. The molecule has 1 aliphatic rings. The van der Waals surface area contributed by atoms with Crippen LogP contribution >= 0.6 is 0 Å². The van der Waals surface area contributed by atoms with Gasteiger partial charge in [0.2, 0.25) is 5.91 Å². The molecule has 1 fully saturated rings. The molecular weight excluding hydrogens is 212 g/mol. The summed E-state index contributed by atoms with van der Waals surface area (Å²) in [6.45, 7) is 4.14. The number of likely N-dealkylation sites (N-methyl/N-ethyl adjacent to an activating group) is 1. The van der Waals surface area contributed by atoms with Gasteiger partial charge in [-0.3, -0.25) is 4.79 Å². The Kier molecular flexibility index (Phi) is 7.25. The van der Waals surface area contributed by atoms with Gasteiger partial charge in [0, 0.05) is 25.6 Å². The number of unbranched alkanes of at least 4 members (excludes halogenated alkanes) is 4. The standard InChI is InChI=1S/C14H28N2O/c1-3-4-5-6-7-10-14(17)16-11-8-9-13(16)12-15-2/h13,15H,3-12H2,1-2H3. The first-order valence-electron chi connectivity index (χ1n) is 7.23. The molecular formula is C14H28N2O. The third-order valence-corrected chi connectivity index (χ3v) is 3.63. The van der Waals surface area contributed by atoms with Gasteiger partial charge in [0.05, 0.1) is 0 Å². The second-order valence-corrected chi connectivity index (χ2v) is 5.11. The van der Waals surface area contributed by atoms with Crippen LogP contribution in [0.15, 0.2) is 0 Å². The first-order valence-corrected chi connectivity index (χ1v) is 7.23. The molecule has 1 aliphatic heterocycles. The highest BCUT2D eigenvalue weighted by molar-refractivity contribution is 5.76. The van der Waals surface area contributed by atoms with Gasteiger partial charge in [-0.15, -0.1) is 0 Å². The lowest BCUT2D eigenvalue weighted by Gasteiger charge is -2.24. The van der Waals surface area contributed by atoms with Crippen LogP contribution in [0.3, 0.4) is 0 Å². The number of nitrogens with one attached hydrogen (secondary N) is 1. The fourth-order valence-corrected chi connectivity index (χ4v) is 2.64. The molecule has 0 aromatic carbocycles. The highest BCUT2D eigenvalue weighted by atomic mass is 16.2. The van der Waals surface area contributed by atoms with E-state index < -0.39 is 0 Å². The van der Waals surface area contributed by atoms with E-state index in [9.17, 15) is 4.79 Å². The average Bonchev–Trinajstić information content (AvgIpc) is 2.77. The molecule has 0 aliphatic carbocycles. The Morgan fingerprint density at radius 3 is 2.76 bits per heavy atom. The van der Waals surface area contributed by atoms with Crippen molar-refractivity contribution >= 4 is 5.91 Å². The molecule has 1 heterocycles. The molecule has 1 N–H and O–H groups in total. The maximum absolute atomic E-state index is 12.1. The third kappa shape index (κ3) is 5.07. The number of rotatable bonds is 8. The van der Waals surface area contributed by atoms with Crippen molar-refractivity contribution in [2.45, 2.75) is 64.3 Å². The van der Waals surface area contributed by atoms with Crippen LogP contribution in [0, 0.1) is 0 Å². The number of hydrogen-bond donors (Lipinski definition) is 1. The SMILES string of the molecule is CCCCCCCC(=O)N1CCCC1CNC. The molecule has 1 unspecified atom stereocenters. The number of nitrogens with zero attached hydrogens (tertiary/aromatic N) is 1. The highest BCUT2D eigenvalue weighted by Gasteiger charge is 2.27. The quantitative estimate of drug-likeness (QED) is 0.661. The summed E-state index contributed by atoms with van der Waals surface area (Å²) in [5.74, 6) is 0.374. The van der Waals surface area contributed by atoms with Crippen molar-refractivity contribution in [3.63, 3.8) is 0 Å². The van der Waals surface area contributed by atoms with Crippen molar-refractivity contribution in [2.24, 2.45) is 0 Å². The molecule has 0 saturated carbocycles. The molecule has 1 saturated heterocycles. The van der Waals surface area contributed by atoms with E-state index in [4.69, 9.17) is 0 Å². The summed E-state index contributed by atoms with van der Waals surface area (Å²) in [6.07, 6.45) is 9.24. The Balaban J connectivity index is 2.17. The number of carbonyl (C=O) groups is 1. The number of amides is 1. The summed E-state index contributed by atoms with van der Waals surface area (Å²) < 4.78 is 0. The topological polar surface area (TPSA) is 32.3 Å². The van der Waals surface area contributed by atoms with Crippen molar-refractivity contribution in [1.82, 2.24) is 10.2 Å². The second-order valence-electron chi connectivity index (χ2n) is 5.11. The predicted octanol–water partition coefficient (Wildman–Crippen LogP) is 2.56. The lowest BCUT2D eigenvalue weighted by atomic mass is 10.1. The van der Waals surface area contributed by atoms with Gasteiger partial charge in [-0.2, -0.15) is 0 Å². The Bertz CT molecular complexity index is 218. The van der Waals surface area contributed by atoms with Gasteiger partial charge in [-0.25, -0.2) is 0 Å². The Morgan fingerprint density at radius 2 is 2.06 bits per heavy atom. The molecule has 0 aromatic heterocycles. The zero-order chi connectivity index (χ0) is 12.5. The van der Waals surface area contributed by atoms with E-state index in [1.807, 2.05) is 7.05 Å². The van der Waals surface area contributed by atoms with E-state index in [2.05, 4.69) is 17.1 Å². The van der Waals surface area contributed by atoms with E-state index in [0.717, 1.165) is 25.9 Å². The molecule has 0 bridgehead atoms. The maximum atomic E-state index is 12.1. The summed E-state index contributed by atoms with van der Waals surface area (Å²) in [5, 5.41) is 3.18. The number of likely N-dealkylation sites (tertiary alicyclic amines) is 1. The molecule has 17 heavy (non-hydrogen) atoms. The van der Waals surface area contributed by atoms with Crippen LogP contribution < -0.4 is 5.32 Å². The van der Waals surface area contributed by atoms with Crippen LogP contribution in [-0.2, 0) is 4.79 Å². The van der Waals surface area contributed by atoms with Crippen LogP contribution in [0.5, 0.6) is 0 Å². The zero-order valence-corrected chi connectivity index (χ0v) is 11.5. The van der Waals surface area contributed by atoms with Crippen LogP contribution in [0.2, 0.25) is 0 Å². The fourth-order valence-electron chi connectivity index (χ4n) is 2.64. The van der Waals surface area contributed by atoms with E-state index in [1.165, 1.54) is 38.5 Å². The van der Waals surface area contributed by atoms with Crippen molar-refractivity contribution in [3.8, 4) is 0 Å². The van der Waals surface area contributed by atoms with Gasteiger partial charge in [0.1, 0.15) is 0 Å². The first-order chi connectivity index (χ1) is 8.29. The van der Waals surface area contributed by atoms with Gasteiger partial charge >= 0.3 is 0 Å². The van der Waals surface area contributed by atoms with Crippen LogP contribution in [0.25, 0.3) is 0 Å². The van der Waals surface area contributed by atoms with E-state index in [1.54, 1.807) is 0 Å². The minimum atomic E-state index is 0.374. The molecule has 1 rings (SSSR count). The number of hydrogen-bond acceptors (Lipinski definition) is 2. The lowest BCUT2D eigenvalue weighted by Crippen LogP contribution is -2.40. The monoisotopic (exact) mass is 240 g/mol. The third-order valence-electron chi connectivity index (χ3n) is 3.63. The molecule has 0 aromatic rings. The van der Waals surface area contributed by atoms with Crippen molar-refractivity contribution < 1.29 is 4.79 Å². The van der Waals surface area contributed by atoms with Gasteiger partial charge in [-0.05, 0) is 26.3 Å². The summed E-state index contributed by atoms with van der Waals surface area (Å²) in [5.41, 5.74) is 0. The van der Waals surface area contributed by atoms with E-state index in [0.29, 0.717) is 11.9 Å². The van der Waals surface area contributed by atoms with Gasteiger partial charge in [0.25, 0.3) is 0 Å². The summed E-state index contributed by atoms with van der Waals surface area (Å²) in [7, 11) is 1.96. The molecule has 3 heteroatoms. The Morgan fingerprint density at radius 1 is 1.29 bits per heavy atom. The van der Waals surface area contributed by atoms with Crippen LogP contribution in [0.1, 0.15) is 58.3 Å². The predicted molar refractivity (Wildman–Crippen MR) is 72.0 cm³/mol. The first kappa shape index (κ1) is 14.5. The minimum absolute atomic E-state index is 0.374. The minimum Gasteiger partial charge on any atom is -0.338 e. The van der Waals surface area contributed by atoms with Crippen molar-refractivity contribution in [2.75, 3.05) is 20.1 Å². The number of carbonyl (C=O) groups excluding carboxylic acids is 1. The van der Waals surface area contributed by atoms with Gasteiger partial charge < -0.3 is 10.2 Å². The lowest BCUT2D eigenvalue weighted by molar-refractivity contribution is -0.132. The summed E-state index contributed by atoms with van der Waals surface area (Å²) >= 11 is 0. The maximum Gasteiger partial charge on any atom is 0.222 e. The molecule has 0 spiro atoms. The van der Waals surface area contributed by atoms with Crippen molar-refractivity contribution in [1.29, 1.82) is 0 Å². The molecule has 0 radical (unpaired) electrons. The molecule has 1 atom stereocenters. The largest absolute Gasteiger partial charge is 0.338 e.